The summed E-state index contributed by atoms with van der Waals surface area (Å²) in [7, 11) is 4.00. The summed E-state index contributed by atoms with van der Waals surface area (Å²) >= 11 is 12.7. The Balaban J connectivity index is 1.34. The number of hydrazine groups is 1. The normalized spacial score (nSPS) is 25.5. The Bertz CT molecular complexity index is 2370. The number of aromatic nitrogens is 1. The van der Waals surface area contributed by atoms with Crippen molar-refractivity contribution >= 4 is 58.3 Å². The minimum Gasteiger partial charge on any atom is -0.508 e. The predicted molar refractivity (Wildman–Crippen MR) is 202 cm³/mol. The topological polar surface area (TPSA) is 130 Å². The van der Waals surface area contributed by atoms with Crippen molar-refractivity contribution in [2.75, 3.05) is 31.2 Å². The van der Waals surface area contributed by atoms with Crippen molar-refractivity contribution in [1.29, 1.82) is 0 Å². The van der Waals surface area contributed by atoms with Gasteiger partial charge in [0.15, 0.2) is 5.82 Å². The minimum atomic E-state index is -4.84. The number of fused-ring (bicyclic) bond motifs is 4. The van der Waals surface area contributed by atoms with Crippen molar-refractivity contribution in [1.82, 2.24) is 9.99 Å². The number of hydrogen-bond donors (Lipinski definition) is 1. The fraction of sp³-hybridized carbons (Fsp3) is 0.293. The monoisotopic (exact) mass is 820 g/mol. The highest BCUT2D eigenvalue weighted by Crippen LogP contribution is 2.66. The third kappa shape index (κ3) is 5.66. The number of pyridine rings is 1. The summed E-state index contributed by atoms with van der Waals surface area (Å²) in [5.74, 6) is -8.13. The van der Waals surface area contributed by atoms with Gasteiger partial charge in [0.25, 0.3) is 11.8 Å². The molecule has 2 aliphatic heterocycles. The number of nitrogens with zero attached hydrogens (tertiary/aromatic N) is 4. The first-order valence-corrected chi connectivity index (χ1v) is 18.6. The lowest BCUT2D eigenvalue weighted by Gasteiger charge is -2.51. The molecule has 6 atom stereocenters. The molecule has 4 amide bonds. The first-order valence-electron chi connectivity index (χ1n) is 17.8. The van der Waals surface area contributed by atoms with E-state index in [1.54, 1.807) is 54.6 Å². The number of carbonyl (C=O) groups excluding carboxylic acids is 4. The maximum absolute atomic E-state index is 15.5. The Morgan fingerprint density at radius 3 is 2.19 bits per heavy atom. The summed E-state index contributed by atoms with van der Waals surface area (Å²) < 4.78 is 52.9. The van der Waals surface area contributed by atoms with Crippen LogP contribution in [0, 0.1) is 23.7 Å². The maximum atomic E-state index is 15.5. The lowest BCUT2D eigenvalue weighted by atomic mass is 9.49. The first kappa shape index (κ1) is 38.3. The number of alkyl halides is 3. The molecular weight excluding hydrogens is 788 g/mol. The van der Waals surface area contributed by atoms with E-state index in [-0.39, 0.29) is 45.8 Å². The van der Waals surface area contributed by atoms with Crippen molar-refractivity contribution in [3.05, 3.63) is 117 Å². The molecule has 3 fully saturated rings. The number of aromatic hydroxyl groups is 1. The molecule has 1 aromatic heterocycles. The number of ether oxygens (including phenoxy) is 2. The van der Waals surface area contributed by atoms with Crippen LogP contribution in [0.5, 0.6) is 17.2 Å². The molecule has 4 aromatic rings. The molecule has 2 saturated heterocycles. The Morgan fingerprint density at radius 2 is 1.56 bits per heavy atom. The molecule has 8 rings (SSSR count). The summed E-state index contributed by atoms with van der Waals surface area (Å²) in [6, 6.07) is 19.5. The van der Waals surface area contributed by atoms with Gasteiger partial charge in [-0.15, -0.1) is 0 Å². The molecule has 57 heavy (non-hydrogen) atoms. The van der Waals surface area contributed by atoms with Crippen molar-refractivity contribution in [2.24, 2.45) is 23.7 Å². The lowest BCUT2D eigenvalue weighted by molar-refractivity contribution is -0.141. The number of phenolic OH excluding ortho intramolecular Hbond substituents is 1. The number of rotatable bonds is 7. The van der Waals surface area contributed by atoms with Gasteiger partial charge < -0.3 is 14.6 Å². The van der Waals surface area contributed by atoms with E-state index >= 15 is 9.59 Å². The Hall–Kier alpha value is -5.60. The quantitative estimate of drug-likeness (QED) is 0.150. The van der Waals surface area contributed by atoms with E-state index in [2.05, 4.69) is 4.98 Å². The molecule has 0 radical (unpaired) electrons. The number of phenols is 1. The van der Waals surface area contributed by atoms with Gasteiger partial charge in [0, 0.05) is 35.7 Å². The summed E-state index contributed by atoms with van der Waals surface area (Å²) in [4.78, 5) is 64.4. The van der Waals surface area contributed by atoms with Crippen LogP contribution in [-0.2, 0) is 30.8 Å². The van der Waals surface area contributed by atoms with Gasteiger partial charge in [-0.25, -0.2) is 9.88 Å². The van der Waals surface area contributed by atoms with Gasteiger partial charge in [0.1, 0.15) is 22.9 Å². The average molecular weight is 822 g/mol. The van der Waals surface area contributed by atoms with E-state index in [0.29, 0.717) is 22.8 Å². The van der Waals surface area contributed by atoms with E-state index < -0.39 is 76.3 Å². The molecule has 3 aromatic carbocycles. The summed E-state index contributed by atoms with van der Waals surface area (Å²) in [6.45, 7) is 0. The molecule has 6 unspecified atom stereocenters. The van der Waals surface area contributed by atoms with Crippen LogP contribution < -0.4 is 19.4 Å². The fourth-order valence-electron chi connectivity index (χ4n) is 9.46. The van der Waals surface area contributed by atoms with Crippen LogP contribution in [0.4, 0.5) is 24.7 Å². The SMILES string of the molecule is COc1cc(O)cc(OC)c1C1C2=CCC3C(=O)N(N(C)c4nc(C(F)(F)F)ccc4Cl)C(=O)C3C2CC2C(=O)N(c3cccc(Cl)c3)C(=O)C21c1ccccc1. The highest BCUT2D eigenvalue weighted by Gasteiger charge is 2.71. The molecule has 1 saturated carbocycles. The Morgan fingerprint density at radius 1 is 0.877 bits per heavy atom. The largest absolute Gasteiger partial charge is 0.508 e. The second kappa shape index (κ2) is 13.8. The van der Waals surface area contributed by atoms with Crippen LogP contribution >= 0.6 is 23.2 Å². The lowest BCUT2D eigenvalue weighted by Crippen LogP contribution is -2.53. The summed E-state index contributed by atoms with van der Waals surface area (Å²) in [5.41, 5.74) is -1.38. The molecule has 16 heteroatoms. The maximum Gasteiger partial charge on any atom is 0.433 e. The second-order valence-corrected chi connectivity index (χ2v) is 15.2. The zero-order chi connectivity index (χ0) is 40.7. The standard InChI is InChI=1S/C41H33Cl2F3N4O7/c1-48(35-28(43)14-15-31(47-35)41(44,45)46)50-36(52)25-13-12-24-26(32(25)38(50)54)19-27-37(53)49(22-11-7-10-21(42)16-22)39(55)40(27,20-8-5-4-6-9-20)34(24)33-29(56-2)17-23(51)18-30(33)57-3/h4-12,14-18,25-27,32,34,51H,13,19H2,1-3H3. The summed E-state index contributed by atoms with van der Waals surface area (Å²) in [6.07, 6.45) is -3.10. The number of hydrogen-bond acceptors (Lipinski definition) is 9. The molecule has 0 spiro atoms. The van der Waals surface area contributed by atoms with Gasteiger partial charge in [-0.2, -0.15) is 18.2 Å². The predicted octanol–water partition coefficient (Wildman–Crippen LogP) is 7.34. The van der Waals surface area contributed by atoms with E-state index in [4.69, 9.17) is 32.7 Å². The number of imide groups is 2. The smallest absolute Gasteiger partial charge is 0.433 e. The highest BCUT2D eigenvalue weighted by molar-refractivity contribution is 6.33. The first-order chi connectivity index (χ1) is 27.1. The van der Waals surface area contributed by atoms with Gasteiger partial charge in [0.2, 0.25) is 11.8 Å². The Kier molecular flexibility index (Phi) is 9.27. The van der Waals surface area contributed by atoms with E-state index in [1.165, 1.54) is 39.5 Å². The fourth-order valence-corrected chi connectivity index (χ4v) is 9.87. The van der Waals surface area contributed by atoms with Crippen molar-refractivity contribution in [3.63, 3.8) is 0 Å². The number of carbonyl (C=O) groups is 4. The summed E-state index contributed by atoms with van der Waals surface area (Å²) in [5, 5.41) is 12.5. The zero-order valence-electron chi connectivity index (χ0n) is 30.5. The number of amides is 4. The van der Waals surface area contributed by atoms with E-state index in [9.17, 15) is 27.9 Å². The number of allylic oxidation sites excluding steroid dienone is 2. The zero-order valence-corrected chi connectivity index (χ0v) is 32.0. The van der Waals surface area contributed by atoms with Gasteiger partial charge in [-0.05, 0) is 54.7 Å². The molecule has 3 heterocycles. The number of halogens is 5. The van der Waals surface area contributed by atoms with Crippen LogP contribution in [0.2, 0.25) is 10.0 Å². The van der Waals surface area contributed by atoms with Gasteiger partial charge in [0.05, 0.1) is 48.1 Å². The molecular formula is C41H33Cl2F3N4O7. The van der Waals surface area contributed by atoms with Crippen LogP contribution in [0.1, 0.15) is 35.6 Å². The highest BCUT2D eigenvalue weighted by atomic mass is 35.5. The number of anilines is 2. The van der Waals surface area contributed by atoms with E-state index in [0.717, 1.165) is 21.0 Å². The van der Waals surface area contributed by atoms with Crippen molar-refractivity contribution in [3.8, 4) is 17.2 Å². The van der Waals surface area contributed by atoms with Crippen molar-refractivity contribution in [2.45, 2.75) is 30.4 Å². The van der Waals surface area contributed by atoms with Crippen LogP contribution in [-0.4, -0.2) is 60.0 Å². The molecule has 294 valence electrons. The van der Waals surface area contributed by atoms with Crippen LogP contribution in [0.15, 0.2) is 90.5 Å². The van der Waals surface area contributed by atoms with Crippen LogP contribution in [0.25, 0.3) is 0 Å². The van der Waals surface area contributed by atoms with E-state index in [1.807, 2.05) is 0 Å². The van der Waals surface area contributed by atoms with Crippen molar-refractivity contribution < 1.29 is 46.9 Å². The number of methoxy groups -OCH3 is 2. The molecule has 4 aliphatic rings. The molecule has 0 bridgehead atoms. The Labute approximate surface area is 334 Å². The second-order valence-electron chi connectivity index (χ2n) is 14.4. The molecule has 11 nitrogen and oxygen atoms in total. The molecule has 1 N–H and O–H groups in total. The van der Waals surface area contributed by atoms with Gasteiger partial charge >= 0.3 is 6.18 Å². The number of benzene rings is 3. The van der Waals surface area contributed by atoms with Crippen LogP contribution in [0.3, 0.4) is 0 Å². The van der Waals surface area contributed by atoms with Gasteiger partial charge in [-0.3, -0.25) is 24.2 Å². The third-order valence-corrected chi connectivity index (χ3v) is 12.2. The third-order valence-electron chi connectivity index (χ3n) is 11.7. The average Bonchev–Trinajstić information content (AvgIpc) is 3.58. The minimum absolute atomic E-state index is 0.00403. The van der Waals surface area contributed by atoms with Gasteiger partial charge in [-0.1, -0.05) is 71.2 Å². The molecule has 2 aliphatic carbocycles.